The average Bonchev–Trinajstić information content (AvgIpc) is 2.64. The first-order chi connectivity index (χ1) is 12.1. The molecule has 0 aromatic heterocycles. The van der Waals surface area contributed by atoms with Crippen LogP contribution in [0.4, 0.5) is 4.39 Å². The predicted octanol–water partition coefficient (Wildman–Crippen LogP) is 2.07. The van der Waals surface area contributed by atoms with Crippen molar-refractivity contribution in [1.29, 1.82) is 0 Å². The lowest BCUT2D eigenvalue weighted by Crippen LogP contribution is -2.29. The SMILES string of the molecule is COc1ccc(OCC(=O)OCC(=O)NCc2ccccc2F)cc1. The Labute approximate surface area is 144 Å². The minimum atomic E-state index is -0.683. The number of hydrogen-bond acceptors (Lipinski definition) is 5. The Morgan fingerprint density at radius 1 is 1.00 bits per heavy atom. The van der Waals surface area contributed by atoms with Gasteiger partial charge in [-0.1, -0.05) is 18.2 Å². The van der Waals surface area contributed by atoms with Gasteiger partial charge in [0.25, 0.3) is 5.91 Å². The molecule has 0 heterocycles. The van der Waals surface area contributed by atoms with Crippen LogP contribution in [0.2, 0.25) is 0 Å². The maximum absolute atomic E-state index is 13.4. The molecule has 0 spiro atoms. The Hall–Kier alpha value is -3.09. The Kier molecular flexibility index (Phi) is 6.76. The lowest BCUT2D eigenvalue weighted by atomic mass is 10.2. The molecule has 7 heteroatoms. The second-order valence-corrected chi connectivity index (χ2v) is 4.99. The number of esters is 1. The van der Waals surface area contributed by atoms with Crippen LogP contribution in [0.5, 0.6) is 11.5 Å². The standard InChI is InChI=1S/C18H18FNO5/c1-23-14-6-8-15(9-7-14)24-12-18(22)25-11-17(21)20-10-13-4-2-3-5-16(13)19/h2-9H,10-12H2,1H3,(H,20,21). The van der Waals surface area contributed by atoms with E-state index in [0.717, 1.165) is 0 Å². The van der Waals surface area contributed by atoms with Gasteiger partial charge in [0.1, 0.15) is 17.3 Å². The molecule has 0 atom stereocenters. The summed E-state index contributed by atoms with van der Waals surface area (Å²) in [5.74, 6) is -0.478. The van der Waals surface area contributed by atoms with Crippen molar-refractivity contribution in [2.75, 3.05) is 20.3 Å². The summed E-state index contributed by atoms with van der Waals surface area (Å²) in [6.07, 6.45) is 0. The van der Waals surface area contributed by atoms with E-state index >= 15 is 0 Å². The maximum Gasteiger partial charge on any atom is 0.344 e. The van der Waals surface area contributed by atoms with E-state index in [4.69, 9.17) is 14.2 Å². The zero-order chi connectivity index (χ0) is 18.1. The van der Waals surface area contributed by atoms with Gasteiger partial charge in [-0.25, -0.2) is 9.18 Å². The summed E-state index contributed by atoms with van der Waals surface area (Å²) in [5, 5.41) is 2.47. The first-order valence-electron chi connectivity index (χ1n) is 7.51. The van der Waals surface area contributed by atoms with Crippen LogP contribution in [-0.2, 0) is 20.9 Å². The molecule has 0 fully saturated rings. The van der Waals surface area contributed by atoms with Crippen molar-refractivity contribution in [3.05, 3.63) is 59.9 Å². The molecule has 0 aliphatic carbocycles. The monoisotopic (exact) mass is 347 g/mol. The zero-order valence-electron chi connectivity index (χ0n) is 13.7. The number of methoxy groups -OCH3 is 1. The Morgan fingerprint density at radius 3 is 2.36 bits per heavy atom. The molecular formula is C18H18FNO5. The van der Waals surface area contributed by atoms with E-state index in [1.807, 2.05) is 0 Å². The topological polar surface area (TPSA) is 73.9 Å². The Bertz CT molecular complexity index is 718. The van der Waals surface area contributed by atoms with Crippen LogP contribution in [0.15, 0.2) is 48.5 Å². The second-order valence-electron chi connectivity index (χ2n) is 4.99. The fourth-order valence-electron chi connectivity index (χ4n) is 1.89. The number of hydrogen-bond donors (Lipinski definition) is 1. The molecule has 132 valence electrons. The highest BCUT2D eigenvalue weighted by atomic mass is 19.1. The molecule has 0 aliphatic heterocycles. The fraction of sp³-hybridized carbons (Fsp3) is 0.222. The van der Waals surface area contributed by atoms with Crippen LogP contribution in [0.3, 0.4) is 0 Å². The lowest BCUT2D eigenvalue weighted by molar-refractivity contribution is -0.150. The van der Waals surface area contributed by atoms with Crippen molar-refractivity contribution in [2.24, 2.45) is 0 Å². The third-order valence-corrected chi connectivity index (χ3v) is 3.21. The first-order valence-corrected chi connectivity index (χ1v) is 7.51. The molecule has 0 saturated heterocycles. The molecule has 25 heavy (non-hydrogen) atoms. The summed E-state index contributed by atoms with van der Waals surface area (Å²) >= 11 is 0. The summed E-state index contributed by atoms with van der Waals surface area (Å²) in [5.41, 5.74) is 0.352. The number of nitrogens with one attached hydrogen (secondary N) is 1. The molecule has 2 rings (SSSR count). The van der Waals surface area contributed by atoms with E-state index in [9.17, 15) is 14.0 Å². The highest BCUT2D eigenvalue weighted by Gasteiger charge is 2.09. The summed E-state index contributed by atoms with van der Waals surface area (Å²) in [6, 6.07) is 12.8. The average molecular weight is 347 g/mol. The van der Waals surface area contributed by atoms with Crippen molar-refractivity contribution >= 4 is 11.9 Å². The quantitative estimate of drug-likeness (QED) is 0.740. The van der Waals surface area contributed by atoms with E-state index in [0.29, 0.717) is 17.1 Å². The first kappa shape index (κ1) is 18.3. The van der Waals surface area contributed by atoms with Gasteiger partial charge in [0.2, 0.25) is 0 Å². The molecule has 0 bridgehead atoms. The molecule has 2 aromatic carbocycles. The number of carbonyl (C=O) groups is 2. The summed E-state index contributed by atoms with van der Waals surface area (Å²) in [7, 11) is 1.55. The highest BCUT2D eigenvalue weighted by molar-refractivity contribution is 5.80. The second kappa shape index (κ2) is 9.27. The number of amides is 1. The van der Waals surface area contributed by atoms with E-state index in [1.54, 1.807) is 49.6 Å². The number of benzene rings is 2. The fourth-order valence-corrected chi connectivity index (χ4v) is 1.89. The van der Waals surface area contributed by atoms with E-state index in [1.165, 1.54) is 6.07 Å². The minimum absolute atomic E-state index is 0.0193. The van der Waals surface area contributed by atoms with Gasteiger partial charge in [0.05, 0.1) is 7.11 Å². The van der Waals surface area contributed by atoms with Crippen LogP contribution in [0, 0.1) is 5.82 Å². The van der Waals surface area contributed by atoms with Crippen LogP contribution < -0.4 is 14.8 Å². The number of halogens is 1. The van der Waals surface area contributed by atoms with Crippen LogP contribution in [0.25, 0.3) is 0 Å². The summed E-state index contributed by atoms with van der Waals surface area (Å²) in [6.45, 7) is -0.766. The predicted molar refractivity (Wildman–Crippen MR) is 87.7 cm³/mol. The van der Waals surface area contributed by atoms with E-state index < -0.39 is 24.3 Å². The largest absolute Gasteiger partial charge is 0.497 e. The number of carbonyl (C=O) groups excluding carboxylic acids is 2. The highest BCUT2D eigenvalue weighted by Crippen LogP contribution is 2.16. The van der Waals surface area contributed by atoms with Crippen molar-refractivity contribution < 1.29 is 28.2 Å². The molecule has 1 N–H and O–H groups in total. The van der Waals surface area contributed by atoms with E-state index in [-0.39, 0.29) is 13.2 Å². The normalized spacial score (nSPS) is 10.0. The van der Waals surface area contributed by atoms with Gasteiger partial charge >= 0.3 is 5.97 Å². The molecular weight excluding hydrogens is 329 g/mol. The zero-order valence-corrected chi connectivity index (χ0v) is 13.7. The van der Waals surface area contributed by atoms with Crippen molar-refractivity contribution in [1.82, 2.24) is 5.32 Å². The van der Waals surface area contributed by atoms with Gasteiger partial charge in [-0.3, -0.25) is 4.79 Å². The molecule has 0 radical (unpaired) electrons. The van der Waals surface area contributed by atoms with Gasteiger partial charge in [-0.05, 0) is 30.3 Å². The van der Waals surface area contributed by atoms with Gasteiger partial charge < -0.3 is 19.5 Å². The third kappa shape index (κ3) is 6.14. The molecule has 0 unspecified atom stereocenters. The Balaban J connectivity index is 1.66. The number of rotatable bonds is 8. The van der Waals surface area contributed by atoms with Crippen LogP contribution in [-0.4, -0.2) is 32.2 Å². The molecule has 0 saturated carbocycles. The van der Waals surface area contributed by atoms with Gasteiger partial charge in [-0.2, -0.15) is 0 Å². The summed E-state index contributed by atoms with van der Waals surface area (Å²) in [4.78, 5) is 23.2. The number of ether oxygens (including phenoxy) is 3. The van der Waals surface area contributed by atoms with Gasteiger partial charge in [0, 0.05) is 12.1 Å². The molecule has 6 nitrogen and oxygen atoms in total. The third-order valence-electron chi connectivity index (χ3n) is 3.21. The van der Waals surface area contributed by atoms with Crippen LogP contribution >= 0.6 is 0 Å². The Morgan fingerprint density at radius 2 is 1.68 bits per heavy atom. The smallest absolute Gasteiger partial charge is 0.344 e. The summed E-state index contributed by atoms with van der Waals surface area (Å²) < 4.78 is 28.4. The van der Waals surface area contributed by atoms with Gasteiger partial charge in [0.15, 0.2) is 13.2 Å². The molecule has 0 aliphatic rings. The van der Waals surface area contributed by atoms with E-state index in [2.05, 4.69) is 5.32 Å². The van der Waals surface area contributed by atoms with Crippen molar-refractivity contribution in [2.45, 2.75) is 6.54 Å². The van der Waals surface area contributed by atoms with Crippen molar-refractivity contribution in [3.8, 4) is 11.5 Å². The minimum Gasteiger partial charge on any atom is -0.497 e. The van der Waals surface area contributed by atoms with Crippen molar-refractivity contribution in [3.63, 3.8) is 0 Å². The molecule has 2 aromatic rings. The van der Waals surface area contributed by atoms with Crippen LogP contribution in [0.1, 0.15) is 5.56 Å². The maximum atomic E-state index is 13.4. The lowest BCUT2D eigenvalue weighted by Gasteiger charge is -2.08. The van der Waals surface area contributed by atoms with Gasteiger partial charge in [-0.15, -0.1) is 0 Å². The molecule has 1 amide bonds.